The van der Waals surface area contributed by atoms with Crippen LogP contribution in [0.4, 0.5) is 0 Å². The summed E-state index contributed by atoms with van der Waals surface area (Å²) in [5.41, 5.74) is 9.40. The number of halogens is 2. The molecule has 2 heterocycles. The third-order valence-electron chi connectivity index (χ3n) is 8.32. The molecule has 0 saturated heterocycles. The third-order valence-corrected chi connectivity index (χ3v) is 9.65. The van der Waals surface area contributed by atoms with Gasteiger partial charge in [-0.15, -0.1) is 0 Å². The van der Waals surface area contributed by atoms with Crippen molar-refractivity contribution in [3.05, 3.63) is 176 Å². The Kier molecular flexibility index (Phi) is 6.28. The van der Waals surface area contributed by atoms with Gasteiger partial charge in [0.1, 0.15) is 23.0 Å². The maximum Gasteiger partial charge on any atom is 0.131 e. The van der Waals surface area contributed by atoms with Crippen molar-refractivity contribution < 1.29 is 9.47 Å². The summed E-state index contributed by atoms with van der Waals surface area (Å²) in [5, 5.41) is 0. The second-order valence-corrected chi connectivity index (χ2v) is 12.3. The van der Waals surface area contributed by atoms with Crippen LogP contribution >= 0.6 is 31.9 Å². The molecular formula is C38H24Br2O2. The van der Waals surface area contributed by atoms with E-state index in [1.165, 1.54) is 11.1 Å². The second-order valence-electron chi connectivity index (χ2n) is 10.6. The zero-order chi connectivity index (χ0) is 28.2. The standard InChI is InChI=1S/C38H24Br2O2/c39-29-17-9-15-27(35-23-11-1-5-19-31(23)41-32-20-6-2-12-24(32)35)37(29)38-28(16-10-18-30(38)40)36-25-13-3-7-21-33(25)42-34-22-8-4-14-26(34)36/h1-22,35-36H. The van der Waals surface area contributed by atoms with E-state index in [4.69, 9.17) is 9.47 Å². The van der Waals surface area contributed by atoms with Crippen molar-refractivity contribution in [3.63, 3.8) is 0 Å². The molecule has 2 nitrogen and oxygen atoms in total. The maximum atomic E-state index is 6.39. The first-order valence-electron chi connectivity index (χ1n) is 14.0. The number of hydrogen-bond acceptors (Lipinski definition) is 2. The molecule has 0 saturated carbocycles. The van der Waals surface area contributed by atoms with E-state index in [-0.39, 0.29) is 11.8 Å². The molecule has 0 unspecified atom stereocenters. The Morgan fingerprint density at radius 1 is 0.333 bits per heavy atom. The van der Waals surface area contributed by atoms with Gasteiger partial charge < -0.3 is 9.47 Å². The van der Waals surface area contributed by atoms with Crippen molar-refractivity contribution in [3.8, 4) is 34.1 Å². The molecule has 0 radical (unpaired) electrons. The lowest BCUT2D eigenvalue weighted by Gasteiger charge is -2.33. The number of benzene rings is 6. The quantitative estimate of drug-likeness (QED) is 0.186. The highest BCUT2D eigenvalue weighted by atomic mass is 79.9. The zero-order valence-electron chi connectivity index (χ0n) is 22.4. The third kappa shape index (κ3) is 4.05. The van der Waals surface area contributed by atoms with Crippen LogP contribution < -0.4 is 9.47 Å². The van der Waals surface area contributed by atoms with Gasteiger partial charge in [-0.1, -0.05) is 129 Å². The molecule has 6 aromatic carbocycles. The van der Waals surface area contributed by atoms with E-state index < -0.39 is 0 Å². The number of rotatable bonds is 3. The molecule has 2 aliphatic rings. The molecule has 0 bridgehead atoms. The largest absolute Gasteiger partial charge is 0.457 e. The van der Waals surface area contributed by atoms with Crippen molar-refractivity contribution >= 4 is 31.9 Å². The van der Waals surface area contributed by atoms with Crippen LogP contribution in [-0.2, 0) is 0 Å². The van der Waals surface area contributed by atoms with Crippen LogP contribution in [0.2, 0.25) is 0 Å². The van der Waals surface area contributed by atoms with Crippen LogP contribution in [0, 0.1) is 0 Å². The van der Waals surface area contributed by atoms with Crippen LogP contribution in [0.3, 0.4) is 0 Å². The molecule has 202 valence electrons. The Labute approximate surface area is 261 Å². The fraction of sp³-hybridized carbons (Fsp3) is 0.0526. The van der Waals surface area contributed by atoms with Crippen molar-refractivity contribution in [1.29, 1.82) is 0 Å². The first kappa shape index (κ1) is 25.6. The highest BCUT2D eigenvalue weighted by Crippen LogP contribution is 2.54. The molecule has 2 aliphatic heterocycles. The minimum absolute atomic E-state index is 0.00660. The van der Waals surface area contributed by atoms with E-state index in [0.29, 0.717) is 0 Å². The Bertz CT molecular complexity index is 1760. The predicted octanol–water partition coefficient (Wildman–Crippen LogP) is 11.5. The lowest BCUT2D eigenvalue weighted by atomic mass is 9.76. The van der Waals surface area contributed by atoms with Gasteiger partial charge in [-0.3, -0.25) is 0 Å². The van der Waals surface area contributed by atoms with Gasteiger partial charge in [-0.05, 0) is 47.5 Å². The summed E-state index contributed by atoms with van der Waals surface area (Å²) in [4.78, 5) is 0. The van der Waals surface area contributed by atoms with Crippen molar-refractivity contribution in [1.82, 2.24) is 0 Å². The molecule has 0 amide bonds. The van der Waals surface area contributed by atoms with Gasteiger partial charge >= 0.3 is 0 Å². The highest BCUT2D eigenvalue weighted by molar-refractivity contribution is 9.11. The summed E-state index contributed by atoms with van der Waals surface area (Å²) in [5.74, 6) is 3.57. The monoisotopic (exact) mass is 670 g/mol. The van der Waals surface area contributed by atoms with Gasteiger partial charge in [-0.2, -0.15) is 0 Å². The van der Waals surface area contributed by atoms with Crippen molar-refractivity contribution in [2.24, 2.45) is 0 Å². The first-order valence-corrected chi connectivity index (χ1v) is 15.6. The molecule has 8 rings (SSSR count). The van der Waals surface area contributed by atoms with Gasteiger partial charge in [0.25, 0.3) is 0 Å². The van der Waals surface area contributed by atoms with Crippen molar-refractivity contribution in [2.45, 2.75) is 11.8 Å². The SMILES string of the molecule is Brc1cccc(C2c3ccccc3Oc3ccccc32)c1-c1c(Br)cccc1C1c2ccccc2Oc2ccccc21. The molecule has 0 atom stereocenters. The Morgan fingerprint density at radius 2 is 0.619 bits per heavy atom. The van der Waals surface area contributed by atoms with Crippen LogP contribution in [0.15, 0.2) is 142 Å². The van der Waals surface area contributed by atoms with Gasteiger partial charge in [0.15, 0.2) is 0 Å². The first-order chi connectivity index (χ1) is 20.7. The maximum absolute atomic E-state index is 6.39. The summed E-state index contributed by atoms with van der Waals surface area (Å²) in [7, 11) is 0. The lowest BCUT2D eigenvalue weighted by molar-refractivity contribution is 0.452. The molecule has 6 aromatic rings. The number of para-hydroxylation sites is 4. The summed E-state index contributed by atoms with van der Waals surface area (Å²) in [6, 6.07) is 46.6. The van der Waals surface area contributed by atoms with Crippen LogP contribution in [0.1, 0.15) is 45.2 Å². The summed E-state index contributed by atoms with van der Waals surface area (Å²) >= 11 is 8.02. The Hall–Kier alpha value is -4.12. The molecular weight excluding hydrogens is 648 g/mol. The van der Waals surface area contributed by atoms with E-state index in [2.05, 4.69) is 141 Å². The minimum Gasteiger partial charge on any atom is -0.457 e. The fourth-order valence-corrected chi connectivity index (χ4v) is 7.74. The van der Waals surface area contributed by atoms with Crippen LogP contribution in [0.5, 0.6) is 23.0 Å². The molecule has 0 spiro atoms. The van der Waals surface area contributed by atoms with Gasteiger partial charge in [0, 0.05) is 54.2 Å². The highest BCUT2D eigenvalue weighted by Gasteiger charge is 2.34. The number of hydrogen-bond donors (Lipinski definition) is 0. The molecule has 0 fully saturated rings. The summed E-state index contributed by atoms with van der Waals surface area (Å²) < 4.78 is 14.9. The minimum atomic E-state index is -0.00660. The molecule has 0 aromatic heterocycles. The van der Waals surface area contributed by atoms with Crippen LogP contribution in [-0.4, -0.2) is 0 Å². The zero-order valence-corrected chi connectivity index (χ0v) is 25.6. The fourth-order valence-electron chi connectivity index (χ4n) is 6.58. The smallest absolute Gasteiger partial charge is 0.131 e. The average Bonchev–Trinajstić information content (AvgIpc) is 3.02. The van der Waals surface area contributed by atoms with Gasteiger partial charge in [0.2, 0.25) is 0 Å². The summed E-state index contributed by atoms with van der Waals surface area (Å²) in [6.07, 6.45) is 0. The number of fused-ring (bicyclic) bond motifs is 4. The summed E-state index contributed by atoms with van der Waals surface area (Å²) in [6.45, 7) is 0. The van der Waals surface area contributed by atoms with E-state index in [0.717, 1.165) is 65.3 Å². The topological polar surface area (TPSA) is 18.5 Å². The molecule has 4 heteroatoms. The Morgan fingerprint density at radius 3 is 0.952 bits per heavy atom. The lowest BCUT2D eigenvalue weighted by Crippen LogP contribution is -2.15. The molecule has 0 N–H and O–H groups in total. The normalized spacial score (nSPS) is 13.7. The Balaban J connectivity index is 1.42. The van der Waals surface area contributed by atoms with Crippen LogP contribution in [0.25, 0.3) is 11.1 Å². The van der Waals surface area contributed by atoms with Gasteiger partial charge in [0.05, 0.1) is 0 Å². The average molecular weight is 672 g/mol. The van der Waals surface area contributed by atoms with E-state index in [1.807, 2.05) is 24.3 Å². The van der Waals surface area contributed by atoms with Crippen molar-refractivity contribution in [2.75, 3.05) is 0 Å². The molecule has 42 heavy (non-hydrogen) atoms. The van der Waals surface area contributed by atoms with E-state index in [1.54, 1.807) is 0 Å². The predicted molar refractivity (Wildman–Crippen MR) is 175 cm³/mol. The van der Waals surface area contributed by atoms with E-state index >= 15 is 0 Å². The second kappa shape index (κ2) is 10.3. The van der Waals surface area contributed by atoms with E-state index in [9.17, 15) is 0 Å². The number of ether oxygens (including phenoxy) is 2. The molecule has 0 aliphatic carbocycles. The van der Waals surface area contributed by atoms with Gasteiger partial charge in [-0.25, -0.2) is 0 Å².